The molecule has 0 bridgehead atoms. The highest BCUT2D eigenvalue weighted by Gasteiger charge is 2.32. The molecule has 2 aromatic heterocycles. The summed E-state index contributed by atoms with van der Waals surface area (Å²) in [6, 6.07) is 3.92. The minimum Gasteiger partial charge on any atom is -0.348 e. The fourth-order valence-electron chi connectivity index (χ4n) is 2.01. The number of rotatable bonds is 2. The third-order valence-corrected chi connectivity index (χ3v) is 3.63. The first-order valence-corrected chi connectivity index (χ1v) is 6.24. The molecule has 1 aliphatic carbocycles. The molecule has 0 saturated heterocycles. The number of aromatic nitrogens is 3. The number of fused-ring (bicyclic) bond motifs is 1. The van der Waals surface area contributed by atoms with Crippen LogP contribution in [-0.2, 0) is 0 Å². The van der Waals surface area contributed by atoms with Gasteiger partial charge in [0.2, 0.25) is 5.95 Å². The molecule has 3 rings (SSSR count). The summed E-state index contributed by atoms with van der Waals surface area (Å²) in [5.74, 6) is 0.722. The second-order valence-electron chi connectivity index (χ2n) is 4.62. The molecule has 1 aliphatic rings. The predicted molar refractivity (Wildman–Crippen MR) is 66.6 cm³/mol. The summed E-state index contributed by atoms with van der Waals surface area (Å²) in [5, 5.41) is 7.81. The van der Waals surface area contributed by atoms with Gasteiger partial charge in [0.25, 0.3) is 0 Å². The molecule has 16 heavy (non-hydrogen) atoms. The second-order valence-corrected chi connectivity index (χ2v) is 5.54. The van der Waals surface area contributed by atoms with E-state index in [4.69, 9.17) is 0 Å². The molecule has 0 aliphatic heterocycles. The first-order valence-electron chi connectivity index (χ1n) is 5.45. The zero-order valence-corrected chi connectivity index (χ0v) is 10.7. The Kier molecular flexibility index (Phi) is 2.17. The van der Waals surface area contributed by atoms with E-state index in [0.29, 0.717) is 0 Å². The number of halogens is 1. The Hall–Kier alpha value is -1.10. The molecule has 2 heterocycles. The van der Waals surface area contributed by atoms with Crippen molar-refractivity contribution in [1.82, 2.24) is 14.6 Å². The number of hydrogen-bond donors (Lipinski definition) is 1. The number of hydrogen-bond acceptors (Lipinski definition) is 3. The lowest BCUT2D eigenvalue weighted by molar-refractivity contribution is 0.305. The van der Waals surface area contributed by atoms with Crippen LogP contribution in [0.2, 0.25) is 0 Å². The maximum absolute atomic E-state index is 4.44. The van der Waals surface area contributed by atoms with Crippen LogP contribution in [0, 0.1) is 0 Å². The highest BCUT2D eigenvalue weighted by atomic mass is 79.9. The molecule has 0 aromatic carbocycles. The SMILES string of the molecule is CC1(Nc2nc3ccc(Br)cn3n2)CCC1. The van der Waals surface area contributed by atoms with Gasteiger partial charge >= 0.3 is 0 Å². The third-order valence-electron chi connectivity index (χ3n) is 3.17. The zero-order chi connectivity index (χ0) is 11.2. The van der Waals surface area contributed by atoms with E-state index < -0.39 is 0 Å². The second kappa shape index (κ2) is 3.45. The van der Waals surface area contributed by atoms with Gasteiger partial charge in [-0.25, -0.2) is 4.52 Å². The lowest BCUT2D eigenvalue weighted by atomic mass is 9.79. The first-order chi connectivity index (χ1) is 7.65. The lowest BCUT2D eigenvalue weighted by Crippen LogP contribution is -2.41. The van der Waals surface area contributed by atoms with Crippen LogP contribution in [0.25, 0.3) is 5.65 Å². The van der Waals surface area contributed by atoms with Crippen molar-refractivity contribution in [3.05, 3.63) is 22.8 Å². The van der Waals surface area contributed by atoms with Gasteiger partial charge in [0.05, 0.1) is 0 Å². The lowest BCUT2D eigenvalue weighted by Gasteiger charge is -2.38. The Labute approximate surface area is 102 Å². The quantitative estimate of drug-likeness (QED) is 0.920. The number of anilines is 1. The first kappa shape index (κ1) is 10.1. The van der Waals surface area contributed by atoms with E-state index in [1.165, 1.54) is 19.3 Å². The van der Waals surface area contributed by atoms with E-state index in [1.54, 1.807) is 4.52 Å². The number of nitrogens with zero attached hydrogens (tertiary/aromatic N) is 3. The molecule has 1 saturated carbocycles. The van der Waals surface area contributed by atoms with Gasteiger partial charge in [-0.15, -0.1) is 5.10 Å². The average molecular weight is 281 g/mol. The highest BCUT2D eigenvalue weighted by Crippen LogP contribution is 2.33. The van der Waals surface area contributed by atoms with Crippen molar-refractivity contribution < 1.29 is 0 Å². The van der Waals surface area contributed by atoms with Crippen LogP contribution in [0.5, 0.6) is 0 Å². The van der Waals surface area contributed by atoms with Crippen molar-refractivity contribution in [2.45, 2.75) is 31.7 Å². The summed E-state index contributed by atoms with van der Waals surface area (Å²) < 4.78 is 2.79. The Balaban J connectivity index is 1.93. The molecular formula is C11H13BrN4. The molecular weight excluding hydrogens is 268 g/mol. The van der Waals surface area contributed by atoms with Crippen LogP contribution in [-0.4, -0.2) is 20.1 Å². The molecule has 84 valence electrons. The van der Waals surface area contributed by atoms with E-state index in [0.717, 1.165) is 16.1 Å². The van der Waals surface area contributed by atoms with E-state index >= 15 is 0 Å². The molecule has 0 unspecified atom stereocenters. The smallest absolute Gasteiger partial charge is 0.243 e. The summed E-state index contributed by atoms with van der Waals surface area (Å²) in [6.45, 7) is 2.22. The monoisotopic (exact) mass is 280 g/mol. The van der Waals surface area contributed by atoms with Crippen LogP contribution in [0.4, 0.5) is 5.95 Å². The normalized spacial score (nSPS) is 18.4. The van der Waals surface area contributed by atoms with E-state index in [-0.39, 0.29) is 5.54 Å². The van der Waals surface area contributed by atoms with Crippen LogP contribution in [0.1, 0.15) is 26.2 Å². The fourth-order valence-corrected chi connectivity index (χ4v) is 2.34. The van der Waals surface area contributed by atoms with Gasteiger partial charge in [-0.1, -0.05) is 0 Å². The van der Waals surface area contributed by atoms with Crippen molar-refractivity contribution in [1.29, 1.82) is 0 Å². The molecule has 2 aromatic rings. The summed E-state index contributed by atoms with van der Waals surface area (Å²) >= 11 is 3.42. The number of nitrogens with one attached hydrogen (secondary N) is 1. The summed E-state index contributed by atoms with van der Waals surface area (Å²) in [4.78, 5) is 4.44. The minimum absolute atomic E-state index is 0.197. The van der Waals surface area contributed by atoms with Gasteiger partial charge in [-0.3, -0.25) is 0 Å². The largest absolute Gasteiger partial charge is 0.348 e. The Bertz CT molecular complexity index is 530. The molecule has 0 amide bonds. The molecule has 4 nitrogen and oxygen atoms in total. The predicted octanol–water partition coefficient (Wildman–Crippen LogP) is 2.85. The molecule has 1 N–H and O–H groups in total. The van der Waals surface area contributed by atoms with Gasteiger partial charge in [0, 0.05) is 16.2 Å². The fraction of sp³-hybridized carbons (Fsp3) is 0.455. The molecule has 0 atom stereocenters. The summed E-state index contributed by atoms with van der Waals surface area (Å²) in [7, 11) is 0. The maximum atomic E-state index is 4.44. The molecule has 0 spiro atoms. The molecule has 0 radical (unpaired) electrons. The van der Waals surface area contributed by atoms with E-state index in [9.17, 15) is 0 Å². The minimum atomic E-state index is 0.197. The van der Waals surface area contributed by atoms with Gasteiger partial charge in [-0.2, -0.15) is 4.98 Å². The van der Waals surface area contributed by atoms with Crippen molar-refractivity contribution >= 4 is 27.5 Å². The Morgan fingerprint density at radius 3 is 2.94 bits per heavy atom. The van der Waals surface area contributed by atoms with Crippen LogP contribution in [0.15, 0.2) is 22.8 Å². The molecule has 1 fully saturated rings. The average Bonchev–Trinajstić information content (AvgIpc) is 2.56. The third kappa shape index (κ3) is 1.69. The summed E-state index contributed by atoms with van der Waals surface area (Å²) in [5.41, 5.74) is 1.07. The Morgan fingerprint density at radius 1 is 1.44 bits per heavy atom. The van der Waals surface area contributed by atoms with Gasteiger partial charge in [0.1, 0.15) is 0 Å². The summed E-state index contributed by atoms with van der Waals surface area (Å²) in [6.07, 6.45) is 5.61. The van der Waals surface area contributed by atoms with E-state index in [1.807, 2.05) is 18.3 Å². The molecule has 5 heteroatoms. The van der Waals surface area contributed by atoms with Gasteiger partial charge in [-0.05, 0) is 54.2 Å². The van der Waals surface area contributed by atoms with E-state index in [2.05, 4.69) is 38.3 Å². The van der Waals surface area contributed by atoms with Crippen LogP contribution >= 0.6 is 15.9 Å². The highest BCUT2D eigenvalue weighted by molar-refractivity contribution is 9.10. The Morgan fingerprint density at radius 2 is 2.25 bits per heavy atom. The van der Waals surface area contributed by atoms with Gasteiger partial charge < -0.3 is 5.32 Å². The van der Waals surface area contributed by atoms with Crippen molar-refractivity contribution in [2.24, 2.45) is 0 Å². The van der Waals surface area contributed by atoms with Crippen LogP contribution in [0.3, 0.4) is 0 Å². The van der Waals surface area contributed by atoms with Crippen LogP contribution < -0.4 is 5.32 Å². The van der Waals surface area contributed by atoms with Crippen molar-refractivity contribution in [3.8, 4) is 0 Å². The topological polar surface area (TPSA) is 42.2 Å². The zero-order valence-electron chi connectivity index (χ0n) is 9.07. The van der Waals surface area contributed by atoms with Crippen molar-refractivity contribution in [3.63, 3.8) is 0 Å². The maximum Gasteiger partial charge on any atom is 0.243 e. The standard InChI is InChI=1S/C11H13BrN4/c1-11(5-2-6-11)14-10-13-9-4-3-8(12)7-16(9)15-10/h3-4,7H,2,5-6H2,1H3,(H,14,15). The van der Waals surface area contributed by atoms with Gasteiger partial charge in [0.15, 0.2) is 5.65 Å². The number of pyridine rings is 1. The van der Waals surface area contributed by atoms with Crippen molar-refractivity contribution in [2.75, 3.05) is 5.32 Å².